The Hall–Kier alpha value is -1.82. The van der Waals surface area contributed by atoms with Crippen LogP contribution in [0, 0.1) is 0 Å². The van der Waals surface area contributed by atoms with Crippen LogP contribution in [0.5, 0.6) is 5.75 Å². The molecule has 0 atom stereocenters. The fourth-order valence-electron chi connectivity index (χ4n) is 1.47. The maximum Gasteiger partial charge on any atom is 0.203 e. The summed E-state index contributed by atoms with van der Waals surface area (Å²) < 4.78 is 5.15. The number of nitrogens with zero attached hydrogens (tertiary/aromatic N) is 2. The van der Waals surface area contributed by atoms with Crippen molar-refractivity contribution in [2.75, 3.05) is 24.7 Å². The van der Waals surface area contributed by atoms with Gasteiger partial charge < -0.3 is 15.8 Å². The number of methoxy groups -OCH3 is 1. The zero-order valence-corrected chi connectivity index (χ0v) is 10.3. The smallest absolute Gasteiger partial charge is 0.203 e. The van der Waals surface area contributed by atoms with Crippen LogP contribution in [-0.4, -0.2) is 23.6 Å². The number of aromatic nitrogens is 2. The molecule has 5 nitrogen and oxygen atoms in total. The molecule has 2 aromatic heterocycles. The minimum atomic E-state index is 0.348. The van der Waals surface area contributed by atoms with Crippen molar-refractivity contribution in [2.24, 2.45) is 0 Å². The molecule has 2 heterocycles. The van der Waals surface area contributed by atoms with Crippen molar-refractivity contribution in [3.63, 3.8) is 0 Å². The van der Waals surface area contributed by atoms with Crippen molar-refractivity contribution in [3.05, 3.63) is 28.7 Å². The molecule has 0 aliphatic heterocycles. The average Bonchev–Trinajstić information content (AvgIpc) is 2.82. The zero-order chi connectivity index (χ0) is 12.1. The maximum atomic E-state index is 5.68. The molecule has 0 spiro atoms. The van der Waals surface area contributed by atoms with E-state index in [4.69, 9.17) is 10.5 Å². The van der Waals surface area contributed by atoms with Gasteiger partial charge in [-0.1, -0.05) is 0 Å². The Balaban J connectivity index is 1.97. The first-order chi connectivity index (χ1) is 8.31. The zero-order valence-electron chi connectivity index (χ0n) is 9.51. The molecule has 0 fully saturated rings. The number of thiophene rings is 1. The van der Waals surface area contributed by atoms with E-state index in [1.165, 1.54) is 11.9 Å². The first-order valence-corrected chi connectivity index (χ1v) is 6.15. The van der Waals surface area contributed by atoms with Crippen LogP contribution < -0.4 is 15.8 Å². The van der Waals surface area contributed by atoms with E-state index < -0.39 is 0 Å². The van der Waals surface area contributed by atoms with Gasteiger partial charge >= 0.3 is 0 Å². The molecule has 90 valence electrons. The van der Waals surface area contributed by atoms with E-state index in [0.717, 1.165) is 13.0 Å². The van der Waals surface area contributed by atoms with E-state index >= 15 is 0 Å². The van der Waals surface area contributed by atoms with Crippen LogP contribution >= 0.6 is 11.3 Å². The van der Waals surface area contributed by atoms with Gasteiger partial charge in [-0.15, -0.1) is 0 Å². The summed E-state index contributed by atoms with van der Waals surface area (Å²) in [6.45, 7) is 0.781. The molecule has 3 N–H and O–H groups in total. The van der Waals surface area contributed by atoms with Gasteiger partial charge in [0.25, 0.3) is 0 Å². The van der Waals surface area contributed by atoms with Crippen LogP contribution in [0.3, 0.4) is 0 Å². The van der Waals surface area contributed by atoms with Crippen LogP contribution in [0.25, 0.3) is 0 Å². The first-order valence-electron chi connectivity index (χ1n) is 5.20. The second kappa shape index (κ2) is 5.49. The molecule has 0 saturated carbocycles. The predicted molar refractivity (Wildman–Crippen MR) is 69.5 cm³/mol. The lowest BCUT2D eigenvalue weighted by atomic mass is 10.2. The number of anilines is 2. The minimum absolute atomic E-state index is 0.348. The maximum absolute atomic E-state index is 5.68. The van der Waals surface area contributed by atoms with E-state index in [0.29, 0.717) is 17.4 Å². The summed E-state index contributed by atoms with van der Waals surface area (Å²) in [5.41, 5.74) is 6.99. The summed E-state index contributed by atoms with van der Waals surface area (Å²) in [6, 6.07) is 2.11. The third-order valence-corrected chi connectivity index (χ3v) is 3.05. The lowest BCUT2D eigenvalue weighted by Crippen LogP contribution is -2.09. The average molecular weight is 250 g/mol. The third-order valence-electron chi connectivity index (χ3n) is 2.32. The van der Waals surface area contributed by atoms with Gasteiger partial charge in [-0.2, -0.15) is 11.3 Å². The number of nitrogen functional groups attached to an aromatic ring is 1. The molecule has 2 rings (SSSR count). The third kappa shape index (κ3) is 2.85. The standard InChI is InChI=1S/C11H14N4OS/c1-16-9-10(12)14-7-15-11(9)13-4-2-8-3-5-17-6-8/h3,5-7H,2,4H2,1H3,(H3,12,13,14,15). The van der Waals surface area contributed by atoms with Gasteiger partial charge in [0, 0.05) is 6.54 Å². The van der Waals surface area contributed by atoms with Gasteiger partial charge in [-0.3, -0.25) is 0 Å². The Morgan fingerprint density at radius 1 is 1.47 bits per heavy atom. The molecule has 6 heteroatoms. The number of ether oxygens (including phenoxy) is 1. The lowest BCUT2D eigenvalue weighted by Gasteiger charge is -2.10. The molecular formula is C11H14N4OS. The molecular weight excluding hydrogens is 236 g/mol. The van der Waals surface area contributed by atoms with E-state index in [1.54, 1.807) is 18.4 Å². The summed E-state index contributed by atoms with van der Waals surface area (Å²) in [5.74, 6) is 1.48. The number of nitrogens with one attached hydrogen (secondary N) is 1. The summed E-state index contributed by atoms with van der Waals surface area (Å²) in [4.78, 5) is 7.98. The van der Waals surface area contributed by atoms with Crippen LogP contribution in [0.15, 0.2) is 23.2 Å². The number of hydrogen-bond acceptors (Lipinski definition) is 6. The molecule has 0 radical (unpaired) electrons. The minimum Gasteiger partial charge on any atom is -0.490 e. The van der Waals surface area contributed by atoms with Crippen molar-refractivity contribution in [3.8, 4) is 5.75 Å². The van der Waals surface area contributed by atoms with E-state index in [9.17, 15) is 0 Å². The monoisotopic (exact) mass is 250 g/mol. The van der Waals surface area contributed by atoms with Crippen LogP contribution in [-0.2, 0) is 6.42 Å². The molecule has 0 aliphatic rings. The highest BCUT2D eigenvalue weighted by Gasteiger charge is 2.08. The molecule has 0 bridgehead atoms. The van der Waals surface area contributed by atoms with E-state index in [1.807, 2.05) is 0 Å². The summed E-state index contributed by atoms with van der Waals surface area (Å²) in [5, 5.41) is 7.39. The number of rotatable bonds is 5. The molecule has 17 heavy (non-hydrogen) atoms. The van der Waals surface area contributed by atoms with Crippen molar-refractivity contribution < 1.29 is 4.74 Å². The largest absolute Gasteiger partial charge is 0.490 e. The van der Waals surface area contributed by atoms with Crippen molar-refractivity contribution >= 4 is 23.0 Å². The lowest BCUT2D eigenvalue weighted by molar-refractivity contribution is 0.415. The predicted octanol–water partition coefficient (Wildman–Crippen LogP) is 1.78. The van der Waals surface area contributed by atoms with Gasteiger partial charge in [0.2, 0.25) is 5.75 Å². The van der Waals surface area contributed by atoms with Gasteiger partial charge in [0.15, 0.2) is 11.6 Å². The molecule has 0 aromatic carbocycles. The molecule has 0 unspecified atom stereocenters. The SMILES string of the molecule is COc1c(N)ncnc1NCCc1ccsc1. The summed E-state index contributed by atoms with van der Waals surface area (Å²) in [7, 11) is 1.55. The van der Waals surface area contributed by atoms with Gasteiger partial charge in [-0.05, 0) is 28.8 Å². The van der Waals surface area contributed by atoms with Gasteiger partial charge in [0.05, 0.1) is 7.11 Å². The first kappa shape index (κ1) is 11.7. The Morgan fingerprint density at radius 3 is 3.06 bits per heavy atom. The normalized spacial score (nSPS) is 10.2. The Morgan fingerprint density at radius 2 is 2.35 bits per heavy atom. The van der Waals surface area contributed by atoms with E-state index in [2.05, 4.69) is 32.1 Å². The number of hydrogen-bond donors (Lipinski definition) is 2. The molecule has 0 amide bonds. The second-order valence-corrected chi connectivity index (χ2v) is 4.23. The second-order valence-electron chi connectivity index (χ2n) is 3.45. The topological polar surface area (TPSA) is 73.1 Å². The Labute approximate surface area is 104 Å². The highest BCUT2D eigenvalue weighted by atomic mass is 32.1. The van der Waals surface area contributed by atoms with E-state index in [-0.39, 0.29) is 0 Å². The van der Waals surface area contributed by atoms with Crippen LogP contribution in [0.4, 0.5) is 11.6 Å². The Bertz CT molecular complexity index is 472. The Kier molecular flexibility index (Phi) is 3.77. The quantitative estimate of drug-likeness (QED) is 0.846. The van der Waals surface area contributed by atoms with Crippen LogP contribution in [0.2, 0.25) is 0 Å². The van der Waals surface area contributed by atoms with Crippen molar-refractivity contribution in [2.45, 2.75) is 6.42 Å². The molecule has 2 aromatic rings. The molecule has 0 aliphatic carbocycles. The highest BCUT2D eigenvalue weighted by molar-refractivity contribution is 7.07. The van der Waals surface area contributed by atoms with Gasteiger partial charge in [-0.25, -0.2) is 9.97 Å². The fraction of sp³-hybridized carbons (Fsp3) is 0.273. The summed E-state index contributed by atoms with van der Waals surface area (Å²) >= 11 is 1.70. The van der Waals surface area contributed by atoms with Crippen molar-refractivity contribution in [1.29, 1.82) is 0 Å². The number of nitrogens with two attached hydrogens (primary N) is 1. The summed E-state index contributed by atoms with van der Waals surface area (Å²) in [6.07, 6.45) is 2.36. The van der Waals surface area contributed by atoms with Gasteiger partial charge in [0.1, 0.15) is 6.33 Å². The highest BCUT2D eigenvalue weighted by Crippen LogP contribution is 2.25. The fourth-order valence-corrected chi connectivity index (χ4v) is 2.18. The van der Waals surface area contributed by atoms with Crippen LogP contribution in [0.1, 0.15) is 5.56 Å². The van der Waals surface area contributed by atoms with Crippen molar-refractivity contribution in [1.82, 2.24) is 9.97 Å². The molecule has 0 saturated heterocycles.